The SMILES string of the molecule is [2H]C1([2H])CC([2H])([2H])c2cc(-c3[c-]cc(-c4ccccc4-c4cc(CCc5c[c-]c(-c6ccccn6)cc5)cc(CCc5c[c-]c(-c6ccccn6)cc5)c4)c(-c4ccc(-c5ccc(C#N)cc5F)c(C)c4)c3)ncc21.[Ir+3]. The summed E-state index contributed by atoms with van der Waals surface area (Å²) in [6.45, 7) is 1.95. The molecule has 0 N–H and O–H groups in total. The summed E-state index contributed by atoms with van der Waals surface area (Å²) in [4.78, 5) is 13.7. The van der Waals surface area contributed by atoms with Crippen LogP contribution >= 0.6 is 0 Å². The molecule has 348 valence electrons. The third-order valence-corrected chi connectivity index (χ3v) is 13.2. The molecule has 0 radical (unpaired) electrons. The van der Waals surface area contributed by atoms with Crippen molar-refractivity contribution in [3.05, 3.63) is 257 Å². The fourth-order valence-corrected chi connectivity index (χ4v) is 9.50. The molecule has 1 aliphatic rings. The predicted molar refractivity (Wildman–Crippen MR) is 284 cm³/mol. The van der Waals surface area contributed by atoms with Gasteiger partial charge in [-0.1, -0.05) is 132 Å². The van der Waals surface area contributed by atoms with Crippen LogP contribution in [-0.4, -0.2) is 15.0 Å². The molecule has 11 rings (SSSR count). The smallest absolute Gasteiger partial charge is 0.305 e. The van der Waals surface area contributed by atoms with Gasteiger partial charge in [0.2, 0.25) is 0 Å². The van der Waals surface area contributed by atoms with Crippen molar-refractivity contribution < 1.29 is 30.0 Å². The van der Waals surface area contributed by atoms with Crippen LogP contribution in [0.1, 0.15) is 56.4 Å². The Bertz CT molecular complexity index is 3680. The molecule has 0 atom stereocenters. The molecular weight excluding hydrogens is 1060 g/mol. The van der Waals surface area contributed by atoms with Crippen LogP contribution in [0.4, 0.5) is 4.39 Å². The van der Waals surface area contributed by atoms with Crippen LogP contribution in [0.3, 0.4) is 0 Å². The van der Waals surface area contributed by atoms with Crippen molar-refractivity contribution in [2.45, 2.75) is 51.8 Å². The van der Waals surface area contributed by atoms with Gasteiger partial charge in [0, 0.05) is 29.6 Å². The van der Waals surface area contributed by atoms with Gasteiger partial charge in [-0.05, 0) is 125 Å². The van der Waals surface area contributed by atoms with Crippen molar-refractivity contribution >= 4 is 0 Å². The van der Waals surface area contributed by atoms with E-state index in [0.717, 1.165) is 87.1 Å². The number of nitriles is 1. The summed E-state index contributed by atoms with van der Waals surface area (Å²) >= 11 is 0. The first-order chi connectivity index (χ1) is 36.4. The molecule has 3 heterocycles. The standard InChI is InChI=1S/C66H48FN4.Ir/c1-44-35-53(28-31-57(44)61-30-23-49(42-68)39-63(61)67)62-40-54(66-41-52-9-8-10-55(52)43-71-66)29-32-60(62)59-12-3-2-11-58(59)56-37-47(17-15-45-19-24-50(25-20-45)64-13-4-6-33-69-64)36-48(38-56)18-16-46-21-26-51(27-22-46)65-14-5-7-34-70-65;/h2-7,11-14,19-24,26,28,30-41,43H,8-10,15-18H2,1H3;/q-3;+3/i9D2,10D2;. The van der Waals surface area contributed by atoms with E-state index in [0.29, 0.717) is 27.9 Å². The van der Waals surface area contributed by atoms with Crippen LogP contribution in [0, 0.1) is 42.3 Å². The maximum Gasteiger partial charge on any atom is 3.00 e. The number of fused-ring (bicyclic) bond motifs is 1. The van der Waals surface area contributed by atoms with Gasteiger partial charge in [0.25, 0.3) is 0 Å². The largest absolute Gasteiger partial charge is 3.00 e. The monoisotopic (exact) mass is 1110 g/mol. The van der Waals surface area contributed by atoms with Gasteiger partial charge in [-0.15, -0.1) is 94.5 Å². The summed E-state index contributed by atoms with van der Waals surface area (Å²) in [5.41, 5.74) is 18.0. The maximum absolute atomic E-state index is 15.5. The van der Waals surface area contributed by atoms with E-state index in [1.165, 1.54) is 34.5 Å². The van der Waals surface area contributed by atoms with Crippen LogP contribution in [0.25, 0.3) is 78.3 Å². The molecule has 0 aliphatic heterocycles. The van der Waals surface area contributed by atoms with E-state index in [1.807, 2.05) is 85.8 Å². The second kappa shape index (κ2) is 21.6. The quantitative estimate of drug-likeness (QED) is 0.108. The minimum absolute atomic E-state index is 0. The zero-order valence-electron chi connectivity index (χ0n) is 43.4. The summed E-state index contributed by atoms with van der Waals surface area (Å²) in [5.74, 6) is -0.474. The number of hydrogen-bond donors (Lipinski definition) is 0. The molecule has 4 nitrogen and oxygen atoms in total. The van der Waals surface area contributed by atoms with Crippen molar-refractivity contribution in [2.75, 3.05) is 0 Å². The van der Waals surface area contributed by atoms with E-state index in [-0.39, 0.29) is 37.7 Å². The van der Waals surface area contributed by atoms with Gasteiger partial charge in [-0.2, -0.15) is 5.26 Å². The van der Waals surface area contributed by atoms with E-state index >= 15 is 4.39 Å². The van der Waals surface area contributed by atoms with Crippen molar-refractivity contribution in [1.82, 2.24) is 15.0 Å². The second-order valence-electron chi connectivity index (χ2n) is 17.9. The minimum atomic E-state index is -1.87. The van der Waals surface area contributed by atoms with Gasteiger partial charge in [0.15, 0.2) is 0 Å². The minimum Gasteiger partial charge on any atom is -0.305 e. The number of aryl methyl sites for hydroxylation is 7. The summed E-state index contributed by atoms with van der Waals surface area (Å²) in [6.07, 6.45) is 4.31. The van der Waals surface area contributed by atoms with Crippen LogP contribution in [-0.2, 0) is 58.5 Å². The second-order valence-corrected chi connectivity index (χ2v) is 17.9. The Kier molecular flexibility index (Phi) is 12.9. The molecular formula is C66H48FIrN4. The zero-order chi connectivity index (χ0) is 51.7. The molecule has 7 aromatic carbocycles. The Balaban J connectivity index is 0.00000657. The first-order valence-electron chi connectivity index (χ1n) is 25.8. The number of nitrogens with zero attached hydrogens (tertiary/aromatic N) is 4. The van der Waals surface area contributed by atoms with Gasteiger partial charge in [0.1, 0.15) is 5.82 Å². The summed E-state index contributed by atoms with van der Waals surface area (Å²) in [6, 6.07) is 68.3. The van der Waals surface area contributed by atoms with Crippen molar-refractivity contribution in [3.8, 4) is 84.3 Å². The third kappa shape index (κ3) is 10.4. The molecule has 0 unspecified atom stereocenters. The fourth-order valence-electron chi connectivity index (χ4n) is 9.50. The van der Waals surface area contributed by atoms with Gasteiger partial charge >= 0.3 is 20.1 Å². The average Bonchev–Trinajstić information content (AvgIpc) is 3.64. The Labute approximate surface area is 441 Å². The van der Waals surface area contributed by atoms with Gasteiger partial charge in [-0.3, -0.25) is 0 Å². The Morgan fingerprint density at radius 2 is 1.14 bits per heavy atom. The molecule has 10 aromatic rings. The van der Waals surface area contributed by atoms with E-state index in [2.05, 4.69) is 101 Å². The first kappa shape index (κ1) is 42.9. The first-order valence-corrected chi connectivity index (χ1v) is 23.8. The third-order valence-electron chi connectivity index (χ3n) is 13.2. The Morgan fingerprint density at radius 3 is 1.75 bits per heavy atom. The predicted octanol–water partition coefficient (Wildman–Crippen LogP) is 15.3. The van der Waals surface area contributed by atoms with Gasteiger partial charge < -0.3 is 15.0 Å². The Hall–Kier alpha value is -7.94. The van der Waals surface area contributed by atoms with Crippen LogP contribution in [0.15, 0.2) is 188 Å². The maximum atomic E-state index is 15.5. The fraction of sp³-hybridized carbons (Fsp3) is 0.121. The van der Waals surface area contributed by atoms with Gasteiger partial charge in [0.05, 0.1) is 11.6 Å². The van der Waals surface area contributed by atoms with Crippen LogP contribution in [0.2, 0.25) is 0 Å². The number of aromatic nitrogens is 3. The number of hydrogen-bond acceptors (Lipinski definition) is 4. The van der Waals surface area contributed by atoms with Crippen LogP contribution < -0.4 is 0 Å². The number of pyridine rings is 3. The molecule has 3 aromatic heterocycles. The van der Waals surface area contributed by atoms with Crippen molar-refractivity contribution in [1.29, 1.82) is 5.26 Å². The molecule has 0 saturated heterocycles. The Morgan fingerprint density at radius 1 is 0.514 bits per heavy atom. The molecule has 0 saturated carbocycles. The van der Waals surface area contributed by atoms with E-state index in [9.17, 15) is 5.26 Å². The number of benzene rings is 7. The topological polar surface area (TPSA) is 62.5 Å². The summed E-state index contributed by atoms with van der Waals surface area (Å²) in [7, 11) is 0. The number of halogens is 1. The van der Waals surface area contributed by atoms with Gasteiger partial charge in [-0.25, -0.2) is 4.39 Å². The normalized spacial score (nSPS) is 13.9. The molecule has 0 amide bonds. The van der Waals surface area contributed by atoms with E-state index in [4.69, 9.17) is 10.5 Å². The summed E-state index contributed by atoms with van der Waals surface area (Å²) in [5, 5.41) is 9.43. The molecule has 72 heavy (non-hydrogen) atoms. The van der Waals surface area contributed by atoms with Crippen molar-refractivity contribution in [2.24, 2.45) is 0 Å². The molecule has 6 heteroatoms. The molecule has 0 fully saturated rings. The molecule has 1 aliphatic carbocycles. The van der Waals surface area contributed by atoms with Crippen molar-refractivity contribution in [3.63, 3.8) is 0 Å². The van der Waals surface area contributed by atoms with E-state index in [1.54, 1.807) is 30.6 Å². The van der Waals surface area contributed by atoms with Crippen LogP contribution in [0.5, 0.6) is 0 Å². The molecule has 0 bridgehead atoms. The summed E-state index contributed by atoms with van der Waals surface area (Å²) < 4.78 is 50.1. The molecule has 0 spiro atoms. The number of rotatable bonds is 13. The average molecular weight is 1110 g/mol. The zero-order valence-corrected chi connectivity index (χ0v) is 41.8. The van der Waals surface area contributed by atoms with E-state index < -0.39 is 18.6 Å².